The van der Waals surface area contributed by atoms with Gasteiger partial charge in [-0.2, -0.15) is 6.73 Å². The molecule has 29 heavy (non-hydrogen) atoms. The summed E-state index contributed by atoms with van der Waals surface area (Å²) in [6.07, 6.45) is 28.2. The Hall–Kier alpha value is 0.972. The summed E-state index contributed by atoms with van der Waals surface area (Å²) in [4.78, 5) is 2.40. The topological polar surface area (TPSA) is 12.5 Å². The molecule has 0 amide bonds. The molecule has 0 atom stereocenters. The normalized spacial score (nSPS) is 11.2. The summed E-state index contributed by atoms with van der Waals surface area (Å²) in [6, 6.07) is 0. The number of hydrogen-bond donors (Lipinski definition) is 0. The minimum atomic E-state index is 0. The standard InChI is InChI=1S/C26H54NO.U/c1-4-6-8-10-12-14-16-18-20-22-24-27(26-28-3)25-23-21-19-17-15-13-11-9-7-5-2;/h26H,4-25H2,1-3H3;/q-1;. The molecule has 0 rings (SSSR count). The fraction of sp³-hybridized carbons (Fsp3) is 0.962. The molecule has 0 N–H and O–H groups in total. The maximum absolute atomic E-state index is 5.29. The molecule has 0 aromatic heterocycles. The average Bonchev–Trinajstić information content (AvgIpc) is 2.70. The second kappa shape index (κ2) is 29.0. The zero-order chi connectivity index (χ0) is 20.5. The summed E-state index contributed by atoms with van der Waals surface area (Å²) in [5.74, 6) is 0. The van der Waals surface area contributed by atoms with Gasteiger partial charge in [-0.3, -0.25) is 0 Å². The van der Waals surface area contributed by atoms with Crippen molar-refractivity contribution >= 4 is 0 Å². The molecule has 0 radical (unpaired) electrons. The van der Waals surface area contributed by atoms with Crippen LogP contribution in [-0.2, 0) is 4.74 Å². The van der Waals surface area contributed by atoms with Gasteiger partial charge in [0.05, 0.1) is 0 Å². The third-order valence-corrected chi connectivity index (χ3v) is 5.85. The smallest absolute Gasteiger partial charge is 0.000199 e. The number of rotatable bonds is 24. The summed E-state index contributed by atoms with van der Waals surface area (Å²) >= 11 is 0. The first-order valence-electron chi connectivity index (χ1n) is 12.9. The molecule has 0 saturated heterocycles. The Morgan fingerprint density at radius 1 is 0.483 bits per heavy atom. The Balaban J connectivity index is 0. The summed E-state index contributed by atoms with van der Waals surface area (Å²) in [5, 5.41) is 0. The SMILES string of the molecule is CCCCCCCCCCCCN([CH-]OC)CCCCCCCCCCCC.[U]. The summed E-state index contributed by atoms with van der Waals surface area (Å²) < 4.78 is 5.29. The average molecular weight is 635 g/mol. The fourth-order valence-electron chi connectivity index (χ4n) is 3.97. The molecule has 3 heteroatoms. The van der Waals surface area contributed by atoms with Crippen molar-refractivity contribution in [1.82, 2.24) is 4.90 Å². The van der Waals surface area contributed by atoms with Crippen molar-refractivity contribution in [3.63, 3.8) is 0 Å². The van der Waals surface area contributed by atoms with Crippen LogP contribution in [0.3, 0.4) is 0 Å². The Bertz CT molecular complexity index is 251. The number of ether oxygens (including phenoxy) is 1. The van der Waals surface area contributed by atoms with E-state index in [0.717, 1.165) is 0 Å². The van der Waals surface area contributed by atoms with E-state index in [1.165, 1.54) is 142 Å². The molecule has 0 aliphatic heterocycles. The predicted molar refractivity (Wildman–Crippen MR) is 127 cm³/mol. The minimum Gasteiger partial charge on any atom is -0.539 e. The van der Waals surface area contributed by atoms with Crippen molar-refractivity contribution in [2.75, 3.05) is 20.2 Å². The van der Waals surface area contributed by atoms with Gasteiger partial charge in [-0.15, -0.1) is 0 Å². The minimum absolute atomic E-state index is 0. The van der Waals surface area contributed by atoms with Crippen LogP contribution in [0.5, 0.6) is 0 Å². The summed E-state index contributed by atoms with van der Waals surface area (Å²) in [5.41, 5.74) is 0. The van der Waals surface area contributed by atoms with Crippen LogP contribution in [0.1, 0.15) is 142 Å². The van der Waals surface area contributed by atoms with E-state index in [1.807, 2.05) is 6.73 Å². The number of methoxy groups -OCH3 is 1. The molecule has 0 aliphatic rings. The number of unbranched alkanes of at least 4 members (excludes halogenated alkanes) is 18. The third-order valence-electron chi connectivity index (χ3n) is 5.85. The Morgan fingerprint density at radius 3 is 1.03 bits per heavy atom. The van der Waals surface area contributed by atoms with E-state index in [4.69, 9.17) is 4.74 Å². The molecule has 0 aromatic rings. The van der Waals surface area contributed by atoms with Crippen LogP contribution in [0.2, 0.25) is 0 Å². The first-order valence-corrected chi connectivity index (χ1v) is 12.9. The van der Waals surface area contributed by atoms with Gasteiger partial charge in [0.15, 0.2) is 0 Å². The van der Waals surface area contributed by atoms with Crippen molar-refractivity contribution < 1.29 is 35.9 Å². The van der Waals surface area contributed by atoms with Crippen molar-refractivity contribution in [3.8, 4) is 0 Å². The molecule has 174 valence electrons. The van der Waals surface area contributed by atoms with Crippen molar-refractivity contribution in [2.24, 2.45) is 0 Å². The van der Waals surface area contributed by atoms with Crippen LogP contribution >= 0.6 is 0 Å². The molecule has 0 aromatic carbocycles. The van der Waals surface area contributed by atoms with Gasteiger partial charge in [-0.05, 0) is 25.9 Å². The summed E-state index contributed by atoms with van der Waals surface area (Å²) in [7, 11) is 1.78. The fourth-order valence-corrected chi connectivity index (χ4v) is 3.97. The zero-order valence-corrected chi connectivity index (χ0v) is 24.7. The largest absolute Gasteiger partial charge is 0.539 e. The van der Waals surface area contributed by atoms with Crippen LogP contribution in [0.4, 0.5) is 0 Å². The van der Waals surface area contributed by atoms with Gasteiger partial charge in [-0.25, -0.2) is 0 Å². The van der Waals surface area contributed by atoms with Crippen molar-refractivity contribution in [3.05, 3.63) is 6.73 Å². The Kier molecular flexibility index (Phi) is 32.1. The van der Waals surface area contributed by atoms with Crippen molar-refractivity contribution in [1.29, 1.82) is 0 Å². The molecular formula is C26H54NOU-. The maximum atomic E-state index is 5.29. The molecule has 0 heterocycles. The number of nitrogens with zero attached hydrogens (tertiary/aromatic N) is 1. The third kappa shape index (κ3) is 26.9. The van der Waals surface area contributed by atoms with E-state index in [-0.39, 0.29) is 31.1 Å². The molecule has 0 saturated carbocycles. The molecule has 0 fully saturated rings. The molecule has 0 spiro atoms. The second-order valence-corrected chi connectivity index (χ2v) is 8.74. The first-order chi connectivity index (χ1) is 13.8. The van der Waals surface area contributed by atoms with Gasteiger partial charge in [0.1, 0.15) is 0 Å². The quantitative estimate of drug-likeness (QED) is 0.0777. The van der Waals surface area contributed by atoms with Crippen LogP contribution in [0.25, 0.3) is 0 Å². The van der Waals surface area contributed by atoms with E-state index in [0.29, 0.717) is 0 Å². The number of hydrogen-bond acceptors (Lipinski definition) is 2. The van der Waals surface area contributed by atoms with Gasteiger partial charge in [0, 0.05) is 38.2 Å². The van der Waals surface area contributed by atoms with Gasteiger partial charge in [-0.1, -0.05) is 129 Å². The second-order valence-electron chi connectivity index (χ2n) is 8.74. The van der Waals surface area contributed by atoms with E-state index >= 15 is 0 Å². The van der Waals surface area contributed by atoms with Crippen molar-refractivity contribution in [2.45, 2.75) is 142 Å². The van der Waals surface area contributed by atoms with Crippen LogP contribution in [0.15, 0.2) is 0 Å². The first kappa shape index (κ1) is 32.2. The van der Waals surface area contributed by atoms with Gasteiger partial charge in [0.2, 0.25) is 0 Å². The summed E-state index contributed by atoms with van der Waals surface area (Å²) in [6.45, 7) is 8.87. The Morgan fingerprint density at radius 2 is 0.759 bits per heavy atom. The maximum Gasteiger partial charge on any atom is 0.000199 e. The molecular weight excluding hydrogens is 580 g/mol. The van der Waals surface area contributed by atoms with Gasteiger partial charge < -0.3 is 9.64 Å². The molecule has 2 nitrogen and oxygen atoms in total. The van der Waals surface area contributed by atoms with Gasteiger partial charge >= 0.3 is 0 Å². The van der Waals surface area contributed by atoms with E-state index in [2.05, 4.69) is 18.7 Å². The Labute approximate surface area is 209 Å². The zero-order valence-electron chi connectivity index (χ0n) is 20.5. The molecule has 0 aliphatic carbocycles. The van der Waals surface area contributed by atoms with Gasteiger partial charge in [0.25, 0.3) is 0 Å². The van der Waals surface area contributed by atoms with Crippen LogP contribution < -0.4 is 0 Å². The van der Waals surface area contributed by atoms with Crippen LogP contribution in [-0.4, -0.2) is 25.1 Å². The monoisotopic (exact) mass is 634 g/mol. The van der Waals surface area contributed by atoms with E-state index in [1.54, 1.807) is 7.11 Å². The molecule has 0 unspecified atom stereocenters. The van der Waals surface area contributed by atoms with E-state index < -0.39 is 0 Å². The predicted octanol–water partition coefficient (Wildman–Crippen LogP) is 8.90. The van der Waals surface area contributed by atoms with Crippen LogP contribution in [0, 0.1) is 37.8 Å². The van der Waals surface area contributed by atoms with E-state index in [9.17, 15) is 0 Å². The molecule has 0 bridgehead atoms.